The summed E-state index contributed by atoms with van der Waals surface area (Å²) in [4.78, 5) is 26.1. The molecule has 0 bridgehead atoms. The number of benzene rings is 2. The van der Waals surface area contributed by atoms with Crippen molar-refractivity contribution < 1.29 is 9.72 Å². The summed E-state index contributed by atoms with van der Waals surface area (Å²) in [5.41, 5.74) is 2.44. The molecule has 3 aromatic rings. The van der Waals surface area contributed by atoms with Gasteiger partial charge in [-0.1, -0.05) is 42.5 Å². The Morgan fingerprint density at radius 3 is 2.17 bits per heavy atom. The third kappa shape index (κ3) is 3.44. The van der Waals surface area contributed by atoms with Gasteiger partial charge >= 0.3 is 0 Å². The zero-order valence-electron chi connectivity index (χ0n) is 12.5. The van der Waals surface area contributed by atoms with E-state index in [1.807, 2.05) is 42.5 Å². The first kappa shape index (κ1) is 15.4. The number of nitrogens with one attached hydrogen (secondary N) is 1. The van der Waals surface area contributed by atoms with Gasteiger partial charge in [0.25, 0.3) is 11.6 Å². The minimum absolute atomic E-state index is 0.125. The van der Waals surface area contributed by atoms with Crippen LogP contribution >= 0.6 is 0 Å². The van der Waals surface area contributed by atoms with Crippen LogP contribution in [0, 0.1) is 10.1 Å². The predicted octanol–water partition coefficient (Wildman–Crippen LogP) is 3.91. The van der Waals surface area contributed by atoms with Gasteiger partial charge in [0.05, 0.1) is 4.92 Å². The standard InChI is InChI=1S/C18H13N3O3/c22-18(20-17-11-10-16(12-19-17)21(23)24)15-8-6-14(7-9-15)13-4-2-1-3-5-13/h1-12H,(H,19,20,22). The first-order chi connectivity index (χ1) is 11.6. The molecule has 0 unspecified atom stereocenters. The molecule has 0 spiro atoms. The molecule has 0 aliphatic carbocycles. The van der Waals surface area contributed by atoms with Crippen LogP contribution in [0.25, 0.3) is 11.1 Å². The number of pyridine rings is 1. The normalized spacial score (nSPS) is 10.2. The fourth-order valence-corrected chi connectivity index (χ4v) is 2.20. The lowest BCUT2D eigenvalue weighted by atomic mass is 10.0. The van der Waals surface area contributed by atoms with Gasteiger partial charge in [-0.15, -0.1) is 0 Å². The maximum absolute atomic E-state index is 12.2. The van der Waals surface area contributed by atoms with Crippen molar-refractivity contribution in [2.24, 2.45) is 0 Å². The fraction of sp³-hybridized carbons (Fsp3) is 0. The van der Waals surface area contributed by atoms with Gasteiger partial charge in [0.1, 0.15) is 12.0 Å². The molecule has 0 fully saturated rings. The zero-order valence-corrected chi connectivity index (χ0v) is 12.5. The Morgan fingerprint density at radius 1 is 0.917 bits per heavy atom. The molecule has 1 heterocycles. The predicted molar refractivity (Wildman–Crippen MR) is 90.7 cm³/mol. The van der Waals surface area contributed by atoms with Gasteiger partial charge in [-0.25, -0.2) is 4.98 Å². The van der Waals surface area contributed by atoms with Gasteiger partial charge in [0.15, 0.2) is 0 Å². The fourth-order valence-electron chi connectivity index (χ4n) is 2.20. The molecule has 0 aliphatic rings. The van der Waals surface area contributed by atoms with Gasteiger partial charge in [-0.3, -0.25) is 14.9 Å². The summed E-state index contributed by atoms with van der Waals surface area (Å²) in [6.45, 7) is 0. The molecule has 6 nitrogen and oxygen atoms in total. The van der Waals surface area contributed by atoms with Crippen molar-refractivity contribution in [1.29, 1.82) is 0 Å². The van der Waals surface area contributed by atoms with Crippen LogP contribution in [0.3, 0.4) is 0 Å². The van der Waals surface area contributed by atoms with Crippen LogP contribution in [0.2, 0.25) is 0 Å². The second kappa shape index (κ2) is 6.70. The largest absolute Gasteiger partial charge is 0.307 e. The van der Waals surface area contributed by atoms with Crippen LogP contribution in [-0.4, -0.2) is 15.8 Å². The minimum Gasteiger partial charge on any atom is -0.307 e. The lowest BCUT2D eigenvalue weighted by molar-refractivity contribution is -0.385. The molecule has 0 saturated carbocycles. The number of rotatable bonds is 4. The molecule has 118 valence electrons. The van der Waals surface area contributed by atoms with Crippen LogP contribution in [0.15, 0.2) is 72.9 Å². The molecule has 1 amide bonds. The van der Waals surface area contributed by atoms with Gasteiger partial charge in [0, 0.05) is 11.6 Å². The van der Waals surface area contributed by atoms with Crippen molar-refractivity contribution in [1.82, 2.24) is 4.98 Å². The summed E-state index contributed by atoms with van der Waals surface area (Å²) in [7, 11) is 0. The smallest absolute Gasteiger partial charge is 0.287 e. The Balaban J connectivity index is 1.72. The topological polar surface area (TPSA) is 85.1 Å². The summed E-state index contributed by atoms with van der Waals surface area (Å²) in [6.07, 6.45) is 1.11. The molecule has 24 heavy (non-hydrogen) atoms. The molecule has 0 saturated heterocycles. The van der Waals surface area contributed by atoms with E-state index in [0.717, 1.165) is 17.3 Å². The van der Waals surface area contributed by atoms with Gasteiger partial charge in [0.2, 0.25) is 0 Å². The van der Waals surface area contributed by atoms with E-state index in [0.29, 0.717) is 5.56 Å². The van der Waals surface area contributed by atoms with Crippen LogP contribution in [0.4, 0.5) is 11.5 Å². The second-order valence-electron chi connectivity index (χ2n) is 5.06. The van der Waals surface area contributed by atoms with Crippen molar-refractivity contribution in [3.8, 4) is 11.1 Å². The zero-order chi connectivity index (χ0) is 16.9. The van der Waals surface area contributed by atoms with E-state index in [1.54, 1.807) is 12.1 Å². The first-order valence-electron chi connectivity index (χ1n) is 7.21. The lowest BCUT2D eigenvalue weighted by Crippen LogP contribution is -2.12. The highest BCUT2D eigenvalue weighted by molar-refractivity contribution is 6.04. The molecule has 1 N–H and O–H groups in total. The number of aromatic nitrogens is 1. The third-order valence-electron chi connectivity index (χ3n) is 3.45. The van der Waals surface area contributed by atoms with Crippen LogP contribution in [0.5, 0.6) is 0 Å². The van der Waals surface area contributed by atoms with E-state index in [9.17, 15) is 14.9 Å². The average Bonchev–Trinajstić information content (AvgIpc) is 2.63. The van der Waals surface area contributed by atoms with Crippen molar-refractivity contribution in [2.75, 3.05) is 5.32 Å². The van der Waals surface area contributed by atoms with Crippen LogP contribution < -0.4 is 5.32 Å². The number of carbonyl (C=O) groups excluding carboxylic acids is 1. The molecule has 0 aliphatic heterocycles. The maximum Gasteiger partial charge on any atom is 0.287 e. The van der Waals surface area contributed by atoms with Crippen LogP contribution in [-0.2, 0) is 0 Å². The van der Waals surface area contributed by atoms with Crippen molar-refractivity contribution in [2.45, 2.75) is 0 Å². The summed E-state index contributed by atoms with van der Waals surface area (Å²) in [6, 6.07) is 19.7. The summed E-state index contributed by atoms with van der Waals surface area (Å²) in [5, 5.41) is 13.2. The van der Waals surface area contributed by atoms with E-state index >= 15 is 0 Å². The quantitative estimate of drug-likeness (QED) is 0.583. The Labute approximate surface area is 137 Å². The first-order valence-corrected chi connectivity index (χ1v) is 7.21. The highest BCUT2D eigenvalue weighted by Crippen LogP contribution is 2.20. The highest BCUT2D eigenvalue weighted by Gasteiger charge is 2.09. The van der Waals surface area contributed by atoms with Crippen molar-refractivity contribution in [3.05, 3.63) is 88.6 Å². The Kier molecular flexibility index (Phi) is 4.29. The molecular weight excluding hydrogens is 306 g/mol. The number of carbonyl (C=O) groups is 1. The molecule has 3 rings (SSSR count). The average molecular weight is 319 g/mol. The Morgan fingerprint density at radius 2 is 1.58 bits per heavy atom. The van der Waals surface area contributed by atoms with Gasteiger partial charge in [-0.05, 0) is 29.3 Å². The second-order valence-corrected chi connectivity index (χ2v) is 5.06. The van der Waals surface area contributed by atoms with E-state index in [-0.39, 0.29) is 17.4 Å². The number of nitro groups is 1. The van der Waals surface area contributed by atoms with Crippen molar-refractivity contribution in [3.63, 3.8) is 0 Å². The number of hydrogen-bond acceptors (Lipinski definition) is 4. The molecule has 0 radical (unpaired) electrons. The van der Waals surface area contributed by atoms with Gasteiger partial charge < -0.3 is 5.32 Å². The lowest BCUT2D eigenvalue weighted by Gasteiger charge is -2.06. The van der Waals surface area contributed by atoms with E-state index < -0.39 is 4.92 Å². The number of hydrogen-bond donors (Lipinski definition) is 1. The van der Waals surface area contributed by atoms with Gasteiger partial charge in [-0.2, -0.15) is 0 Å². The molecular formula is C18H13N3O3. The molecule has 6 heteroatoms. The Bertz CT molecular complexity index is 860. The maximum atomic E-state index is 12.2. The van der Waals surface area contributed by atoms with E-state index in [2.05, 4.69) is 10.3 Å². The SMILES string of the molecule is O=C(Nc1ccc([N+](=O)[O-])cn1)c1ccc(-c2ccccc2)cc1. The summed E-state index contributed by atoms with van der Waals surface area (Å²) in [5.74, 6) is -0.0614. The highest BCUT2D eigenvalue weighted by atomic mass is 16.6. The van der Waals surface area contributed by atoms with E-state index in [4.69, 9.17) is 0 Å². The number of anilines is 1. The molecule has 2 aromatic carbocycles. The Hall–Kier alpha value is -3.54. The van der Waals surface area contributed by atoms with Crippen LogP contribution in [0.1, 0.15) is 10.4 Å². The third-order valence-corrected chi connectivity index (χ3v) is 3.45. The van der Waals surface area contributed by atoms with Crippen molar-refractivity contribution >= 4 is 17.4 Å². The molecule has 1 aromatic heterocycles. The minimum atomic E-state index is -0.541. The summed E-state index contributed by atoms with van der Waals surface area (Å²) >= 11 is 0. The summed E-state index contributed by atoms with van der Waals surface area (Å²) < 4.78 is 0. The molecule has 0 atom stereocenters. The number of amides is 1. The van der Waals surface area contributed by atoms with E-state index in [1.165, 1.54) is 12.1 Å². The monoisotopic (exact) mass is 319 g/mol. The number of nitrogens with zero attached hydrogens (tertiary/aromatic N) is 2.